The number of Topliss-reactive ketones (excluding diaryl/α,β-unsaturated/α-hetero) is 1. The number of aryl methyl sites for hydroxylation is 2. The van der Waals surface area contributed by atoms with Gasteiger partial charge in [-0.1, -0.05) is 0 Å². The van der Waals surface area contributed by atoms with E-state index >= 15 is 0 Å². The van der Waals surface area contributed by atoms with Crippen LogP contribution in [-0.4, -0.2) is 19.4 Å². The lowest BCUT2D eigenvalue weighted by molar-refractivity contribution is 0.100. The zero-order chi connectivity index (χ0) is 10.7. The summed E-state index contributed by atoms with van der Waals surface area (Å²) in [5, 5.41) is 0. The predicted molar refractivity (Wildman–Crippen MR) is 63.1 cm³/mol. The van der Waals surface area contributed by atoms with Crippen molar-refractivity contribution in [3.05, 3.63) is 28.8 Å². The number of ether oxygens (including phenoxy) is 1. The van der Waals surface area contributed by atoms with Crippen molar-refractivity contribution in [3.63, 3.8) is 0 Å². The van der Waals surface area contributed by atoms with Gasteiger partial charge < -0.3 is 10.5 Å². The maximum Gasteiger partial charge on any atom is 0.176 e. The van der Waals surface area contributed by atoms with E-state index in [1.807, 2.05) is 13.8 Å². The molecule has 0 aromatic heterocycles. The van der Waals surface area contributed by atoms with E-state index in [0.29, 0.717) is 5.56 Å². The summed E-state index contributed by atoms with van der Waals surface area (Å²) in [6.07, 6.45) is 0. The lowest BCUT2D eigenvalue weighted by Crippen LogP contribution is -2.14. The van der Waals surface area contributed by atoms with Crippen LogP contribution < -0.4 is 10.5 Å². The first kappa shape index (κ1) is 13.9. The van der Waals surface area contributed by atoms with E-state index < -0.39 is 0 Å². The van der Waals surface area contributed by atoms with Gasteiger partial charge >= 0.3 is 0 Å². The van der Waals surface area contributed by atoms with Gasteiger partial charge in [-0.05, 0) is 37.1 Å². The molecule has 1 aromatic rings. The van der Waals surface area contributed by atoms with Crippen LogP contribution in [0.2, 0.25) is 0 Å². The number of benzene rings is 1. The van der Waals surface area contributed by atoms with Crippen LogP contribution in [0.3, 0.4) is 0 Å². The molecule has 0 amide bonds. The molecule has 15 heavy (non-hydrogen) atoms. The van der Waals surface area contributed by atoms with Gasteiger partial charge in [0.2, 0.25) is 0 Å². The largest absolute Gasteiger partial charge is 0.496 e. The highest BCUT2D eigenvalue weighted by Gasteiger charge is 2.09. The highest BCUT2D eigenvalue weighted by Crippen LogP contribution is 2.24. The second-order valence-corrected chi connectivity index (χ2v) is 3.27. The van der Waals surface area contributed by atoms with Gasteiger partial charge in [0, 0.05) is 5.56 Å². The Hall–Kier alpha value is -1.06. The molecule has 0 fully saturated rings. The van der Waals surface area contributed by atoms with E-state index in [4.69, 9.17) is 10.5 Å². The zero-order valence-electron chi connectivity index (χ0n) is 9.16. The van der Waals surface area contributed by atoms with Gasteiger partial charge in [-0.15, -0.1) is 12.4 Å². The molecule has 0 radical (unpaired) electrons. The van der Waals surface area contributed by atoms with E-state index in [-0.39, 0.29) is 24.7 Å². The van der Waals surface area contributed by atoms with E-state index in [1.165, 1.54) is 0 Å². The van der Waals surface area contributed by atoms with Gasteiger partial charge in [0.15, 0.2) is 5.78 Å². The number of carbonyl (C=O) groups is 1. The molecule has 84 valence electrons. The molecule has 0 bridgehead atoms. The fraction of sp³-hybridized carbons (Fsp3) is 0.364. The molecule has 0 spiro atoms. The van der Waals surface area contributed by atoms with Crippen LogP contribution in [0.1, 0.15) is 21.5 Å². The Morgan fingerprint density at radius 2 is 1.80 bits per heavy atom. The number of hydrogen-bond donors (Lipinski definition) is 1. The topological polar surface area (TPSA) is 52.3 Å². The predicted octanol–water partition coefficient (Wildman–Crippen LogP) is 1.88. The van der Waals surface area contributed by atoms with Crippen molar-refractivity contribution in [2.24, 2.45) is 5.73 Å². The molecular weight excluding hydrogens is 214 g/mol. The first-order valence-corrected chi connectivity index (χ1v) is 4.48. The zero-order valence-corrected chi connectivity index (χ0v) is 9.98. The lowest BCUT2D eigenvalue weighted by Gasteiger charge is -2.10. The number of rotatable bonds is 3. The molecule has 4 heteroatoms. The fourth-order valence-corrected chi connectivity index (χ4v) is 1.55. The quantitative estimate of drug-likeness (QED) is 0.806. The average molecular weight is 230 g/mol. The molecule has 0 unspecified atom stereocenters. The fourth-order valence-electron chi connectivity index (χ4n) is 1.55. The highest BCUT2D eigenvalue weighted by molar-refractivity contribution is 5.98. The van der Waals surface area contributed by atoms with Crippen LogP contribution in [0.25, 0.3) is 0 Å². The summed E-state index contributed by atoms with van der Waals surface area (Å²) in [7, 11) is 1.62. The van der Waals surface area contributed by atoms with Gasteiger partial charge in [0.05, 0.1) is 13.7 Å². The van der Waals surface area contributed by atoms with Crippen molar-refractivity contribution in [1.29, 1.82) is 0 Å². The Morgan fingerprint density at radius 1 is 1.33 bits per heavy atom. The summed E-state index contributed by atoms with van der Waals surface area (Å²) in [6, 6.07) is 3.61. The molecular formula is C11H16ClNO2. The minimum absolute atomic E-state index is 0. The number of carbonyl (C=O) groups excluding carboxylic acids is 1. The first-order valence-electron chi connectivity index (χ1n) is 4.48. The molecule has 3 nitrogen and oxygen atoms in total. The highest BCUT2D eigenvalue weighted by atomic mass is 35.5. The Bertz CT molecular complexity index is 341. The summed E-state index contributed by atoms with van der Waals surface area (Å²) in [6.45, 7) is 3.88. The molecule has 0 aliphatic rings. The van der Waals surface area contributed by atoms with Crippen molar-refractivity contribution < 1.29 is 9.53 Å². The number of methoxy groups -OCH3 is 1. The summed E-state index contributed by atoms with van der Waals surface area (Å²) >= 11 is 0. The minimum atomic E-state index is -0.0427. The van der Waals surface area contributed by atoms with Crippen LogP contribution in [0, 0.1) is 13.8 Å². The average Bonchev–Trinajstić information content (AvgIpc) is 2.16. The Labute approximate surface area is 96.0 Å². The molecule has 1 rings (SSSR count). The van der Waals surface area contributed by atoms with Crippen LogP contribution >= 0.6 is 12.4 Å². The first-order chi connectivity index (χ1) is 6.60. The van der Waals surface area contributed by atoms with Crippen LogP contribution in [0.15, 0.2) is 12.1 Å². The molecule has 0 heterocycles. The third-order valence-electron chi connectivity index (χ3n) is 2.17. The molecule has 0 aliphatic heterocycles. The summed E-state index contributed by atoms with van der Waals surface area (Å²) in [4.78, 5) is 11.4. The Kier molecular flexibility index (Phi) is 5.33. The maximum atomic E-state index is 11.4. The SMILES string of the molecule is COc1c(C)cc(C(=O)CN)cc1C.Cl. The minimum Gasteiger partial charge on any atom is -0.496 e. The second kappa shape index (κ2) is 5.73. The van der Waals surface area contributed by atoms with Gasteiger partial charge in [-0.25, -0.2) is 0 Å². The molecule has 0 saturated carbocycles. The standard InChI is InChI=1S/C11H15NO2.ClH/c1-7-4-9(10(13)6-12)5-8(2)11(7)14-3;/h4-5H,6,12H2,1-3H3;1H. The smallest absolute Gasteiger partial charge is 0.176 e. The Morgan fingerprint density at radius 3 is 2.13 bits per heavy atom. The molecule has 0 saturated heterocycles. The normalized spacial score (nSPS) is 9.33. The lowest BCUT2D eigenvalue weighted by atomic mass is 10.0. The van der Waals surface area contributed by atoms with E-state index in [0.717, 1.165) is 16.9 Å². The van der Waals surface area contributed by atoms with Crippen molar-refractivity contribution in [2.75, 3.05) is 13.7 Å². The van der Waals surface area contributed by atoms with E-state index in [2.05, 4.69) is 0 Å². The number of ketones is 1. The van der Waals surface area contributed by atoms with Crippen molar-refractivity contribution >= 4 is 18.2 Å². The van der Waals surface area contributed by atoms with Gasteiger partial charge in [-0.3, -0.25) is 4.79 Å². The molecule has 2 N–H and O–H groups in total. The van der Waals surface area contributed by atoms with Crippen molar-refractivity contribution in [3.8, 4) is 5.75 Å². The molecule has 1 aromatic carbocycles. The van der Waals surface area contributed by atoms with Crippen LogP contribution in [-0.2, 0) is 0 Å². The summed E-state index contributed by atoms with van der Waals surface area (Å²) in [5.41, 5.74) is 7.87. The maximum absolute atomic E-state index is 11.4. The van der Waals surface area contributed by atoms with Gasteiger partial charge in [0.25, 0.3) is 0 Å². The second-order valence-electron chi connectivity index (χ2n) is 3.27. The Balaban J connectivity index is 0.00000196. The van der Waals surface area contributed by atoms with Crippen molar-refractivity contribution in [1.82, 2.24) is 0 Å². The summed E-state index contributed by atoms with van der Waals surface area (Å²) in [5.74, 6) is 0.789. The molecule has 0 atom stereocenters. The van der Waals surface area contributed by atoms with Crippen LogP contribution in [0.5, 0.6) is 5.75 Å². The monoisotopic (exact) mass is 229 g/mol. The van der Waals surface area contributed by atoms with Crippen LogP contribution in [0.4, 0.5) is 0 Å². The number of halogens is 1. The van der Waals surface area contributed by atoms with Gasteiger partial charge in [-0.2, -0.15) is 0 Å². The van der Waals surface area contributed by atoms with Gasteiger partial charge in [0.1, 0.15) is 5.75 Å². The van der Waals surface area contributed by atoms with E-state index in [9.17, 15) is 4.79 Å². The number of nitrogens with two attached hydrogens (primary N) is 1. The third kappa shape index (κ3) is 2.94. The van der Waals surface area contributed by atoms with Crippen molar-refractivity contribution in [2.45, 2.75) is 13.8 Å². The summed E-state index contributed by atoms with van der Waals surface area (Å²) < 4.78 is 5.20. The van der Waals surface area contributed by atoms with E-state index in [1.54, 1.807) is 19.2 Å². The third-order valence-corrected chi connectivity index (χ3v) is 2.17. The molecule has 0 aliphatic carbocycles. The number of hydrogen-bond acceptors (Lipinski definition) is 3.